The molecule has 5 heteroatoms. The summed E-state index contributed by atoms with van der Waals surface area (Å²) in [4.78, 5) is 0. The van der Waals surface area contributed by atoms with Crippen molar-refractivity contribution in [1.82, 2.24) is 5.32 Å². The summed E-state index contributed by atoms with van der Waals surface area (Å²) in [6, 6.07) is 20.8. The molecule has 0 spiro atoms. The first-order chi connectivity index (χ1) is 19.1. The normalized spacial score (nSPS) is 15.0. The highest BCUT2D eigenvalue weighted by Gasteiger charge is 2.29. The standard InChI is InChI=1S/C34H40FNO3/c1-25-31-24-30(38)18-19-32(31)39-34(33(25)28-12-9-13-29(37)23-28)27-16-14-26(15-17-27)11-10-22-36-21-8-6-4-2-3-5-7-20-35/h9-19,23-24,34,36-38H,2-8,20-22H2,1H3/b11-10+. The van der Waals surface area contributed by atoms with E-state index in [1.54, 1.807) is 30.3 Å². The quantitative estimate of drug-likeness (QED) is 0.183. The molecule has 0 aromatic heterocycles. The van der Waals surface area contributed by atoms with Gasteiger partial charge < -0.3 is 20.3 Å². The summed E-state index contributed by atoms with van der Waals surface area (Å²) in [6.07, 6.45) is 11.6. The van der Waals surface area contributed by atoms with Gasteiger partial charge in [-0.15, -0.1) is 0 Å². The van der Waals surface area contributed by atoms with Crippen molar-refractivity contribution in [3.05, 3.63) is 95.1 Å². The number of benzene rings is 3. The van der Waals surface area contributed by atoms with Crippen molar-refractivity contribution in [2.45, 2.75) is 58.0 Å². The van der Waals surface area contributed by atoms with E-state index in [9.17, 15) is 14.6 Å². The maximum Gasteiger partial charge on any atom is 0.150 e. The molecule has 0 saturated carbocycles. The number of hydrogen-bond donors (Lipinski definition) is 3. The zero-order valence-electron chi connectivity index (χ0n) is 22.8. The summed E-state index contributed by atoms with van der Waals surface area (Å²) in [7, 11) is 0. The molecule has 3 N–H and O–H groups in total. The maximum atomic E-state index is 12.1. The molecule has 0 amide bonds. The highest BCUT2D eigenvalue weighted by molar-refractivity contribution is 5.95. The van der Waals surface area contributed by atoms with Gasteiger partial charge in [-0.3, -0.25) is 4.39 Å². The van der Waals surface area contributed by atoms with E-state index in [0.29, 0.717) is 6.42 Å². The summed E-state index contributed by atoms with van der Waals surface area (Å²) >= 11 is 0. The lowest BCUT2D eigenvalue weighted by Gasteiger charge is -2.31. The SMILES string of the molecule is CC1=C(c2cccc(O)c2)C(c2ccc(/C=C/CNCCCCCCCCCF)cc2)Oc2ccc(O)cc21. The third kappa shape index (κ3) is 7.96. The van der Waals surface area contributed by atoms with Crippen LogP contribution in [0.5, 0.6) is 17.2 Å². The van der Waals surface area contributed by atoms with Crippen molar-refractivity contribution in [2.75, 3.05) is 19.8 Å². The number of ether oxygens (including phenoxy) is 1. The Morgan fingerprint density at radius 1 is 0.846 bits per heavy atom. The van der Waals surface area contributed by atoms with Crippen LogP contribution in [0.25, 0.3) is 17.2 Å². The van der Waals surface area contributed by atoms with Gasteiger partial charge in [0.1, 0.15) is 23.4 Å². The van der Waals surface area contributed by atoms with Gasteiger partial charge in [-0.25, -0.2) is 0 Å². The molecule has 0 fully saturated rings. The average molecular weight is 530 g/mol. The van der Waals surface area contributed by atoms with Crippen LogP contribution in [-0.2, 0) is 0 Å². The smallest absolute Gasteiger partial charge is 0.150 e. The van der Waals surface area contributed by atoms with Gasteiger partial charge in [0.05, 0.1) is 6.67 Å². The Morgan fingerprint density at radius 2 is 1.56 bits per heavy atom. The van der Waals surface area contributed by atoms with Crippen LogP contribution in [0.3, 0.4) is 0 Å². The number of hydrogen-bond acceptors (Lipinski definition) is 4. The number of fused-ring (bicyclic) bond motifs is 1. The molecule has 1 atom stereocenters. The fraction of sp³-hybridized carbons (Fsp3) is 0.353. The van der Waals surface area contributed by atoms with Crippen LogP contribution >= 0.6 is 0 Å². The van der Waals surface area contributed by atoms with Crippen LogP contribution in [0.1, 0.15) is 80.2 Å². The number of halogens is 1. The average Bonchev–Trinajstić information content (AvgIpc) is 2.94. The summed E-state index contributed by atoms with van der Waals surface area (Å²) in [5.74, 6) is 1.12. The molecule has 3 aromatic rings. The molecule has 4 nitrogen and oxygen atoms in total. The van der Waals surface area contributed by atoms with E-state index in [1.807, 2.05) is 19.1 Å². The highest BCUT2D eigenvalue weighted by Crippen LogP contribution is 2.47. The molecule has 0 aliphatic carbocycles. The molecular formula is C34H40FNO3. The number of allylic oxidation sites excluding steroid dienone is 1. The zero-order valence-corrected chi connectivity index (χ0v) is 22.8. The van der Waals surface area contributed by atoms with Crippen molar-refractivity contribution in [3.63, 3.8) is 0 Å². The Kier molecular flexibility index (Phi) is 10.6. The van der Waals surface area contributed by atoms with E-state index in [1.165, 1.54) is 25.7 Å². The lowest BCUT2D eigenvalue weighted by molar-refractivity contribution is 0.259. The Labute approximate surface area is 231 Å². The summed E-state index contributed by atoms with van der Waals surface area (Å²) < 4.78 is 18.6. The number of nitrogens with one attached hydrogen (secondary N) is 1. The monoisotopic (exact) mass is 529 g/mol. The number of rotatable bonds is 14. The minimum absolute atomic E-state index is 0.184. The first-order valence-electron chi connectivity index (χ1n) is 14.1. The number of phenols is 2. The fourth-order valence-electron chi connectivity index (χ4n) is 5.11. The van der Waals surface area contributed by atoms with Gasteiger partial charge in [-0.05, 0) is 78.9 Å². The van der Waals surface area contributed by atoms with E-state index in [0.717, 1.165) is 65.1 Å². The molecule has 1 heterocycles. The Hall–Kier alpha value is -3.57. The molecule has 0 saturated heterocycles. The van der Waals surface area contributed by atoms with Crippen molar-refractivity contribution >= 4 is 17.2 Å². The van der Waals surface area contributed by atoms with E-state index >= 15 is 0 Å². The van der Waals surface area contributed by atoms with Crippen molar-refractivity contribution in [2.24, 2.45) is 0 Å². The summed E-state index contributed by atoms with van der Waals surface area (Å²) in [6.45, 7) is 3.69. The second-order valence-electron chi connectivity index (χ2n) is 10.2. The van der Waals surface area contributed by atoms with Gasteiger partial charge in [0.15, 0.2) is 0 Å². The molecule has 0 bridgehead atoms. The molecule has 1 unspecified atom stereocenters. The first kappa shape index (κ1) is 28.4. The van der Waals surface area contributed by atoms with Crippen LogP contribution < -0.4 is 10.1 Å². The van der Waals surface area contributed by atoms with Crippen LogP contribution in [0, 0.1) is 0 Å². The van der Waals surface area contributed by atoms with Gasteiger partial charge in [-0.1, -0.05) is 80.7 Å². The van der Waals surface area contributed by atoms with Gasteiger partial charge in [0, 0.05) is 17.7 Å². The number of aromatic hydroxyl groups is 2. The lowest BCUT2D eigenvalue weighted by atomic mass is 9.86. The second-order valence-corrected chi connectivity index (χ2v) is 10.2. The molecule has 0 radical (unpaired) electrons. The van der Waals surface area contributed by atoms with Crippen molar-refractivity contribution < 1.29 is 19.3 Å². The van der Waals surface area contributed by atoms with Crippen LogP contribution in [0.15, 0.2) is 72.8 Å². The molecule has 39 heavy (non-hydrogen) atoms. The fourth-order valence-corrected chi connectivity index (χ4v) is 5.11. The summed E-state index contributed by atoms with van der Waals surface area (Å²) in [5.41, 5.74) is 5.86. The van der Waals surface area contributed by atoms with E-state index in [4.69, 9.17) is 4.74 Å². The minimum Gasteiger partial charge on any atom is -0.508 e. The molecule has 206 valence electrons. The largest absolute Gasteiger partial charge is 0.508 e. The molecule has 3 aromatic carbocycles. The zero-order chi connectivity index (χ0) is 27.5. The first-order valence-corrected chi connectivity index (χ1v) is 14.1. The predicted octanol–water partition coefficient (Wildman–Crippen LogP) is 8.47. The molecule has 4 rings (SSSR count). The number of unbranched alkanes of at least 4 members (excludes halogenated alkanes) is 6. The van der Waals surface area contributed by atoms with E-state index in [2.05, 4.69) is 41.7 Å². The maximum absolute atomic E-state index is 12.1. The Morgan fingerprint density at radius 3 is 2.31 bits per heavy atom. The Bertz CT molecular complexity index is 1270. The van der Waals surface area contributed by atoms with Crippen LogP contribution in [0.4, 0.5) is 4.39 Å². The van der Waals surface area contributed by atoms with Crippen molar-refractivity contribution in [1.29, 1.82) is 0 Å². The predicted molar refractivity (Wildman–Crippen MR) is 159 cm³/mol. The lowest BCUT2D eigenvalue weighted by Crippen LogP contribution is -2.16. The summed E-state index contributed by atoms with van der Waals surface area (Å²) in [5, 5.41) is 23.7. The van der Waals surface area contributed by atoms with Gasteiger partial charge in [0.2, 0.25) is 0 Å². The third-order valence-electron chi connectivity index (χ3n) is 7.23. The van der Waals surface area contributed by atoms with Gasteiger partial charge in [-0.2, -0.15) is 0 Å². The van der Waals surface area contributed by atoms with Crippen molar-refractivity contribution in [3.8, 4) is 17.2 Å². The third-order valence-corrected chi connectivity index (χ3v) is 7.23. The molecular weight excluding hydrogens is 489 g/mol. The molecule has 1 aliphatic rings. The van der Waals surface area contributed by atoms with Gasteiger partial charge >= 0.3 is 0 Å². The van der Waals surface area contributed by atoms with E-state index < -0.39 is 0 Å². The topological polar surface area (TPSA) is 61.7 Å². The number of phenolic OH excluding ortho intramolecular Hbond substituents is 2. The second kappa shape index (κ2) is 14.5. The van der Waals surface area contributed by atoms with Crippen LogP contribution in [-0.4, -0.2) is 30.0 Å². The van der Waals surface area contributed by atoms with E-state index in [-0.39, 0.29) is 24.3 Å². The van der Waals surface area contributed by atoms with Gasteiger partial charge in [0.25, 0.3) is 0 Å². The molecule has 1 aliphatic heterocycles. The number of alkyl halides is 1. The Balaban J connectivity index is 1.36. The van der Waals surface area contributed by atoms with Crippen LogP contribution in [0.2, 0.25) is 0 Å². The minimum atomic E-state index is -0.341. The highest BCUT2D eigenvalue weighted by atomic mass is 19.1.